The Hall–Kier alpha value is -2.89. The zero-order valence-corrected chi connectivity index (χ0v) is 14.4. The summed E-state index contributed by atoms with van der Waals surface area (Å²) in [6.07, 6.45) is 3.58. The van der Waals surface area contributed by atoms with Crippen LogP contribution in [0.2, 0.25) is 0 Å². The molecule has 4 rings (SSSR count). The van der Waals surface area contributed by atoms with Crippen molar-refractivity contribution in [3.05, 3.63) is 48.3 Å². The number of anilines is 2. The van der Waals surface area contributed by atoms with Crippen molar-refractivity contribution in [2.75, 3.05) is 16.8 Å². The lowest BCUT2D eigenvalue weighted by Gasteiger charge is -2.25. The molecule has 2 aromatic heterocycles. The molecule has 1 aliphatic rings. The number of hydrogen-bond acceptors (Lipinski definition) is 4. The highest BCUT2D eigenvalue weighted by Crippen LogP contribution is 2.26. The van der Waals surface area contributed by atoms with E-state index in [1.807, 2.05) is 38.2 Å². The van der Waals surface area contributed by atoms with E-state index < -0.39 is 0 Å². The molecule has 0 bridgehead atoms. The van der Waals surface area contributed by atoms with Crippen LogP contribution in [-0.4, -0.2) is 33.3 Å². The topological polar surface area (TPSA) is 63.1 Å². The minimum atomic E-state index is -0.145. The Kier molecular flexibility index (Phi) is 3.87. The minimum absolute atomic E-state index is 0.0176. The van der Waals surface area contributed by atoms with Gasteiger partial charge in [-0.3, -0.25) is 9.48 Å². The number of benzene rings is 1. The Labute approximate surface area is 146 Å². The zero-order valence-electron chi connectivity index (χ0n) is 14.4. The third-order valence-corrected chi connectivity index (χ3v) is 4.77. The summed E-state index contributed by atoms with van der Waals surface area (Å²) in [6.45, 7) is 2.85. The van der Waals surface area contributed by atoms with E-state index in [1.54, 1.807) is 10.9 Å². The van der Waals surface area contributed by atoms with Gasteiger partial charge in [0, 0.05) is 24.7 Å². The van der Waals surface area contributed by atoms with Crippen LogP contribution in [0.15, 0.2) is 42.6 Å². The number of amides is 1. The van der Waals surface area contributed by atoms with Gasteiger partial charge in [-0.1, -0.05) is 18.2 Å². The molecule has 3 aromatic rings. The van der Waals surface area contributed by atoms with Gasteiger partial charge in [-0.05, 0) is 38.0 Å². The second-order valence-corrected chi connectivity index (χ2v) is 6.48. The van der Waals surface area contributed by atoms with Crippen molar-refractivity contribution in [1.82, 2.24) is 14.8 Å². The van der Waals surface area contributed by atoms with Crippen LogP contribution in [0.4, 0.5) is 11.4 Å². The lowest BCUT2D eigenvalue weighted by molar-refractivity contribution is -0.117. The van der Waals surface area contributed by atoms with Crippen molar-refractivity contribution in [2.45, 2.75) is 25.8 Å². The third kappa shape index (κ3) is 2.84. The van der Waals surface area contributed by atoms with Gasteiger partial charge in [0.15, 0.2) is 5.65 Å². The number of rotatable bonds is 3. The van der Waals surface area contributed by atoms with Crippen LogP contribution in [-0.2, 0) is 11.8 Å². The molecule has 1 aromatic carbocycles. The molecule has 0 radical (unpaired) electrons. The Morgan fingerprint density at radius 1 is 1.28 bits per heavy atom. The predicted molar refractivity (Wildman–Crippen MR) is 98.7 cm³/mol. The van der Waals surface area contributed by atoms with E-state index in [0.717, 1.165) is 41.8 Å². The molecule has 1 amide bonds. The summed E-state index contributed by atoms with van der Waals surface area (Å²) < 4.78 is 1.75. The van der Waals surface area contributed by atoms with Gasteiger partial charge in [-0.15, -0.1) is 0 Å². The minimum Gasteiger partial charge on any atom is -0.360 e. The Morgan fingerprint density at radius 3 is 2.88 bits per heavy atom. The van der Waals surface area contributed by atoms with E-state index in [9.17, 15) is 4.79 Å². The van der Waals surface area contributed by atoms with Crippen molar-refractivity contribution in [3.63, 3.8) is 0 Å². The molecule has 1 N–H and O–H groups in total. The molecule has 6 heteroatoms. The molecule has 0 saturated carbocycles. The molecule has 128 valence electrons. The molecule has 1 aliphatic heterocycles. The SMILES string of the molecule is Cc1nn(C)c2ncc(NC(=O)C3CCCN3c3ccccc3)cc12. The van der Waals surface area contributed by atoms with Gasteiger partial charge in [0.25, 0.3) is 0 Å². The van der Waals surface area contributed by atoms with Gasteiger partial charge in [0.1, 0.15) is 6.04 Å². The van der Waals surface area contributed by atoms with E-state index in [2.05, 4.69) is 32.4 Å². The number of hydrogen-bond donors (Lipinski definition) is 1. The van der Waals surface area contributed by atoms with Gasteiger partial charge in [0.05, 0.1) is 17.6 Å². The molecule has 25 heavy (non-hydrogen) atoms. The van der Waals surface area contributed by atoms with Crippen molar-refractivity contribution in [2.24, 2.45) is 7.05 Å². The molecular weight excluding hydrogens is 314 g/mol. The van der Waals surface area contributed by atoms with Gasteiger partial charge < -0.3 is 10.2 Å². The maximum atomic E-state index is 12.8. The van der Waals surface area contributed by atoms with Gasteiger partial charge in [-0.25, -0.2) is 4.98 Å². The highest BCUT2D eigenvalue weighted by molar-refractivity contribution is 5.98. The number of aromatic nitrogens is 3. The molecule has 3 heterocycles. The van der Waals surface area contributed by atoms with E-state index in [4.69, 9.17) is 0 Å². The lowest BCUT2D eigenvalue weighted by atomic mass is 10.2. The van der Waals surface area contributed by atoms with E-state index in [0.29, 0.717) is 5.69 Å². The maximum absolute atomic E-state index is 12.8. The summed E-state index contributed by atoms with van der Waals surface area (Å²) >= 11 is 0. The number of carbonyl (C=O) groups excluding carboxylic acids is 1. The molecule has 6 nitrogen and oxygen atoms in total. The van der Waals surface area contributed by atoms with Crippen molar-refractivity contribution >= 4 is 28.3 Å². The van der Waals surface area contributed by atoms with Crippen molar-refractivity contribution in [3.8, 4) is 0 Å². The van der Waals surface area contributed by atoms with E-state index >= 15 is 0 Å². The molecule has 1 unspecified atom stereocenters. The average molecular weight is 335 g/mol. The third-order valence-electron chi connectivity index (χ3n) is 4.77. The fraction of sp³-hybridized carbons (Fsp3) is 0.316. The van der Waals surface area contributed by atoms with Crippen LogP contribution in [0.5, 0.6) is 0 Å². The largest absolute Gasteiger partial charge is 0.360 e. The summed E-state index contributed by atoms with van der Waals surface area (Å²) in [5.41, 5.74) is 3.54. The highest BCUT2D eigenvalue weighted by Gasteiger charge is 2.30. The predicted octanol–water partition coefficient (Wildman–Crippen LogP) is 2.88. The van der Waals surface area contributed by atoms with Crippen molar-refractivity contribution in [1.29, 1.82) is 0 Å². The summed E-state index contributed by atoms with van der Waals surface area (Å²) in [5, 5.41) is 8.37. The van der Waals surface area contributed by atoms with Crippen LogP contribution in [0.3, 0.4) is 0 Å². The zero-order chi connectivity index (χ0) is 17.4. The first kappa shape index (κ1) is 15.6. The number of carbonyl (C=O) groups is 1. The van der Waals surface area contributed by atoms with Crippen LogP contribution >= 0.6 is 0 Å². The quantitative estimate of drug-likeness (QED) is 0.799. The summed E-state index contributed by atoms with van der Waals surface area (Å²) in [5.74, 6) is 0.0176. The standard InChI is InChI=1S/C19H21N5O/c1-13-16-11-14(12-20-18(16)23(2)22-13)21-19(25)17-9-6-10-24(17)15-7-4-3-5-8-15/h3-5,7-8,11-12,17H,6,9-10H2,1-2H3,(H,21,25). The fourth-order valence-electron chi connectivity index (χ4n) is 3.57. The first-order valence-electron chi connectivity index (χ1n) is 8.55. The summed E-state index contributed by atoms with van der Waals surface area (Å²) in [6, 6.07) is 11.9. The highest BCUT2D eigenvalue weighted by atomic mass is 16.2. The van der Waals surface area contributed by atoms with E-state index in [1.165, 1.54) is 0 Å². The van der Waals surface area contributed by atoms with Crippen LogP contribution in [0.1, 0.15) is 18.5 Å². The van der Waals surface area contributed by atoms with Gasteiger partial charge >= 0.3 is 0 Å². The molecule has 1 atom stereocenters. The molecule has 1 saturated heterocycles. The van der Waals surface area contributed by atoms with E-state index in [-0.39, 0.29) is 11.9 Å². The number of nitrogens with zero attached hydrogens (tertiary/aromatic N) is 4. The number of para-hydroxylation sites is 1. The monoisotopic (exact) mass is 335 g/mol. The Bertz CT molecular complexity index is 918. The van der Waals surface area contributed by atoms with Crippen LogP contribution in [0.25, 0.3) is 11.0 Å². The molecule has 0 spiro atoms. The second-order valence-electron chi connectivity index (χ2n) is 6.48. The molecule has 0 aliphatic carbocycles. The number of nitrogens with one attached hydrogen (secondary N) is 1. The van der Waals surface area contributed by atoms with Gasteiger partial charge in [-0.2, -0.15) is 5.10 Å². The number of fused-ring (bicyclic) bond motifs is 1. The lowest BCUT2D eigenvalue weighted by Crippen LogP contribution is -2.39. The van der Waals surface area contributed by atoms with Crippen molar-refractivity contribution < 1.29 is 4.79 Å². The second kappa shape index (κ2) is 6.20. The average Bonchev–Trinajstić information content (AvgIpc) is 3.21. The molecule has 1 fully saturated rings. The normalized spacial score (nSPS) is 17.2. The Morgan fingerprint density at radius 2 is 2.08 bits per heavy atom. The summed E-state index contributed by atoms with van der Waals surface area (Å²) in [4.78, 5) is 19.4. The van der Waals surface area contributed by atoms with Crippen LogP contribution < -0.4 is 10.2 Å². The fourth-order valence-corrected chi connectivity index (χ4v) is 3.57. The van der Waals surface area contributed by atoms with Crippen LogP contribution in [0, 0.1) is 6.92 Å². The van der Waals surface area contributed by atoms with Gasteiger partial charge in [0.2, 0.25) is 5.91 Å². The number of pyridine rings is 1. The smallest absolute Gasteiger partial charge is 0.247 e. The molecular formula is C19H21N5O. The number of aryl methyl sites for hydroxylation is 2. The first-order chi connectivity index (χ1) is 12.1. The Balaban J connectivity index is 1.56. The maximum Gasteiger partial charge on any atom is 0.247 e. The summed E-state index contributed by atoms with van der Waals surface area (Å²) in [7, 11) is 1.87. The first-order valence-corrected chi connectivity index (χ1v) is 8.55.